The summed E-state index contributed by atoms with van der Waals surface area (Å²) in [5.41, 5.74) is 33.5. The fraction of sp³-hybridized carbons (Fsp3) is 0.196. The highest BCUT2D eigenvalue weighted by molar-refractivity contribution is 6.15. The minimum absolute atomic E-state index is 0.00184. The van der Waals surface area contributed by atoms with Gasteiger partial charge in [-0.3, -0.25) is 0 Å². The Morgan fingerprint density at radius 2 is 0.333 bits per heavy atom. The van der Waals surface area contributed by atoms with Crippen molar-refractivity contribution in [2.45, 2.75) is 129 Å². The van der Waals surface area contributed by atoms with Gasteiger partial charge in [-0.05, 0) is 257 Å². The molecule has 6 aliphatic carbocycles. The summed E-state index contributed by atoms with van der Waals surface area (Å²) in [5.74, 6) is 0. The van der Waals surface area contributed by atoms with E-state index in [0.717, 1.165) is 0 Å². The normalized spacial score (nSPS) is 16.2. The second kappa shape index (κ2) is 21.5. The third-order valence-electron chi connectivity index (χ3n) is 25.7. The molecule has 0 heteroatoms. The van der Waals surface area contributed by atoms with Crippen LogP contribution in [-0.4, -0.2) is 0 Å². The van der Waals surface area contributed by atoms with Crippen molar-refractivity contribution in [3.05, 3.63) is 334 Å². The molecule has 0 amide bonds. The lowest BCUT2D eigenvalue weighted by atomic mass is 9.63. The van der Waals surface area contributed by atoms with E-state index in [1.54, 1.807) is 0 Å². The molecule has 16 aromatic carbocycles. The number of benzene rings is 16. The van der Waals surface area contributed by atoms with Crippen molar-refractivity contribution < 1.29 is 0 Å². The molecule has 0 radical (unpaired) electrons. The van der Waals surface area contributed by atoms with Gasteiger partial charge in [0.1, 0.15) is 0 Å². The van der Waals surface area contributed by atoms with E-state index in [2.05, 4.69) is 350 Å². The Morgan fingerprint density at radius 3 is 0.618 bits per heavy atom. The number of hydrogen-bond donors (Lipinski definition) is 0. The summed E-state index contributed by atoms with van der Waals surface area (Å²) in [6, 6.07) is 101. The van der Waals surface area contributed by atoms with Gasteiger partial charge in [0.2, 0.25) is 0 Å². The van der Waals surface area contributed by atoms with Gasteiger partial charge in [0.05, 0.1) is 0 Å². The predicted octanol–water partition coefficient (Wildman–Crippen LogP) is 28.0. The first-order valence-corrected chi connectivity index (χ1v) is 37.3. The van der Waals surface area contributed by atoms with Gasteiger partial charge in [0, 0.05) is 32.5 Å². The first-order valence-electron chi connectivity index (χ1n) is 37.3. The number of rotatable bonds is 0. The Balaban J connectivity index is 0.000000106. The van der Waals surface area contributed by atoms with E-state index in [9.17, 15) is 0 Å². The van der Waals surface area contributed by atoms with E-state index < -0.39 is 0 Å². The summed E-state index contributed by atoms with van der Waals surface area (Å²) >= 11 is 0. The van der Waals surface area contributed by atoms with Crippen LogP contribution in [0.15, 0.2) is 267 Å². The van der Waals surface area contributed by atoms with Crippen molar-refractivity contribution in [1.82, 2.24) is 0 Å². The Bertz CT molecular complexity index is 5980. The third-order valence-corrected chi connectivity index (χ3v) is 25.7. The van der Waals surface area contributed by atoms with Crippen LogP contribution in [0, 0.1) is 0 Å². The number of fused-ring (bicyclic) bond motifs is 14. The molecule has 6 aliphatic rings. The Hall–Kier alpha value is -10.7. The van der Waals surface area contributed by atoms with Gasteiger partial charge in [-0.15, -0.1) is 0 Å². The highest BCUT2D eigenvalue weighted by atomic mass is 14.5. The van der Waals surface area contributed by atoms with Gasteiger partial charge in [0.25, 0.3) is 0 Å². The van der Waals surface area contributed by atoms with E-state index in [1.807, 2.05) is 13.8 Å². The Morgan fingerprint density at radius 1 is 0.137 bits per heavy atom. The lowest BCUT2D eigenvalue weighted by molar-refractivity contribution is 0.637. The zero-order valence-corrected chi connectivity index (χ0v) is 61.4. The van der Waals surface area contributed by atoms with Gasteiger partial charge in [0.15, 0.2) is 0 Å². The van der Waals surface area contributed by atoms with Gasteiger partial charge in [-0.1, -0.05) is 315 Å². The second-order valence-electron chi connectivity index (χ2n) is 33.0. The SMILES string of the molecule is CC.CC1(C)c2cc3cc4c(cc3cc2-c2cccc3cccc1c23)-c1cccc2cccc(c12)C4(C)C.CC1(C)c2cc3cc4c(cc3cc2-c2cccc3cccc1c23)C(C)(C)c1cccc2cccc-4c12.CC1(C)c2ccccc2-c2ccc3c4c(ccc1c24)-c1ccccc1C3(C)C. The highest BCUT2D eigenvalue weighted by Gasteiger charge is 2.42. The molecule has 0 N–H and O–H groups in total. The molecular weight excluding hydrogens is 1230 g/mol. The van der Waals surface area contributed by atoms with Crippen molar-refractivity contribution >= 4 is 75.4 Å². The van der Waals surface area contributed by atoms with Crippen LogP contribution < -0.4 is 0 Å². The molecule has 102 heavy (non-hydrogen) atoms. The van der Waals surface area contributed by atoms with E-state index in [1.165, 1.54) is 209 Å². The first-order chi connectivity index (χ1) is 49.1. The van der Waals surface area contributed by atoms with Crippen molar-refractivity contribution in [1.29, 1.82) is 0 Å². The standard InChI is InChI=1S/2C36H28.C28H24.C2H6/c1-35(2)29-15-7-11-21-9-5-13-25(33(21)29)27-17-24-20-32-28(18-23(24)19-31(27)35)26-14-6-10-22-12-8-16-30(34(22)26)36(32,3)4;1-35(2)29-15-7-11-21-9-5-13-25(33(21)29)27-17-23-18-28-26-14-6-10-22-12-8-16-30(34(22)26)36(3,4)32(28)20-24(23)19-31(27)35;1-27(2)21-11-7-5-9-17(21)19-14-16-24-26-20(13-15-23(27)25(19)26)18-10-6-8-12-22(18)28(24,3)4;1-2/h2*5-20H,1-4H3;5-16H,1-4H3;1-2H3. The molecule has 16 aromatic rings. The van der Waals surface area contributed by atoms with Gasteiger partial charge in [-0.25, -0.2) is 0 Å². The van der Waals surface area contributed by atoms with E-state index >= 15 is 0 Å². The maximum absolute atomic E-state index is 2.48. The monoisotopic (exact) mass is 1310 g/mol. The van der Waals surface area contributed by atoms with Crippen molar-refractivity contribution in [3.8, 4) is 66.8 Å². The summed E-state index contributed by atoms with van der Waals surface area (Å²) in [4.78, 5) is 0. The third kappa shape index (κ3) is 8.33. The molecule has 0 heterocycles. The van der Waals surface area contributed by atoms with Gasteiger partial charge in [-0.2, -0.15) is 0 Å². The summed E-state index contributed by atoms with van der Waals surface area (Å²) < 4.78 is 0. The zero-order valence-electron chi connectivity index (χ0n) is 61.4. The maximum atomic E-state index is 2.48. The van der Waals surface area contributed by atoms with Crippen molar-refractivity contribution in [2.75, 3.05) is 0 Å². The molecule has 22 rings (SSSR count). The van der Waals surface area contributed by atoms with Crippen LogP contribution in [0.25, 0.3) is 142 Å². The number of hydrogen-bond acceptors (Lipinski definition) is 0. The average Bonchev–Trinajstić information content (AvgIpc) is 0.706. The van der Waals surface area contributed by atoms with E-state index in [0.29, 0.717) is 0 Å². The summed E-state index contributed by atoms with van der Waals surface area (Å²) in [6.45, 7) is 32.6. The van der Waals surface area contributed by atoms with Crippen LogP contribution in [-0.2, 0) is 32.5 Å². The quantitative estimate of drug-likeness (QED) is 0.142. The molecular formula is C102H86. The minimum atomic E-state index is -0.0564. The van der Waals surface area contributed by atoms with Crippen LogP contribution in [0.1, 0.15) is 164 Å². The van der Waals surface area contributed by atoms with Crippen LogP contribution in [0.4, 0.5) is 0 Å². The average molecular weight is 1310 g/mol. The lowest BCUT2D eigenvalue weighted by Gasteiger charge is -2.40. The molecule has 0 atom stereocenters. The van der Waals surface area contributed by atoms with Gasteiger partial charge < -0.3 is 0 Å². The largest absolute Gasteiger partial charge is 0.0683 e. The fourth-order valence-corrected chi connectivity index (χ4v) is 20.4. The Labute approximate surface area is 601 Å². The Kier molecular flexibility index (Phi) is 13.1. The van der Waals surface area contributed by atoms with Crippen LogP contribution in [0.5, 0.6) is 0 Å². The summed E-state index contributed by atoms with van der Waals surface area (Å²) in [6.07, 6.45) is 0. The fourth-order valence-electron chi connectivity index (χ4n) is 20.4. The highest BCUT2D eigenvalue weighted by Crippen LogP contribution is 2.59. The van der Waals surface area contributed by atoms with Crippen LogP contribution in [0.2, 0.25) is 0 Å². The smallest absolute Gasteiger partial charge is 0.0159 e. The molecule has 0 fully saturated rings. The van der Waals surface area contributed by atoms with E-state index in [-0.39, 0.29) is 32.5 Å². The lowest BCUT2D eigenvalue weighted by Crippen LogP contribution is -2.27. The minimum Gasteiger partial charge on any atom is -0.0683 e. The predicted molar refractivity (Wildman–Crippen MR) is 439 cm³/mol. The molecule has 0 saturated heterocycles. The van der Waals surface area contributed by atoms with E-state index in [4.69, 9.17) is 0 Å². The molecule has 0 spiro atoms. The summed E-state index contributed by atoms with van der Waals surface area (Å²) in [7, 11) is 0. The summed E-state index contributed by atoms with van der Waals surface area (Å²) in [5, 5.41) is 19.2. The molecule has 0 unspecified atom stereocenters. The maximum Gasteiger partial charge on any atom is 0.0159 e. The van der Waals surface area contributed by atoms with Crippen molar-refractivity contribution in [3.63, 3.8) is 0 Å². The topological polar surface area (TPSA) is 0 Å². The molecule has 0 aliphatic heterocycles. The van der Waals surface area contributed by atoms with Crippen LogP contribution >= 0.6 is 0 Å². The molecule has 0 nitrogen and oxygen atoms in total. The molecule has 0 aromatic heterocycles. The second-order valence-corrected chi connectivity index (χ2v) is 33.0. The van der Waals surface area contributed by atoms with Crippen LogP contribution in [0.3, 0.4) is 0 Å². The van der Waals surface area contributed by atoms with Crippen molar-refractivity contribution in [2.24, 2.45) is 0 Å². The zero-order chi connectivity index (χ0) is 70.1. The molecule has 0 saturated carbocycles. The first kappa shape index (κ1) is 62.4. The van der Waals surface area contributed by atoms with Gasteiger partial charge >= 0.3 is 0 Å². The molecule has 494 valence electrons. The molecule has 0 bridgehead atoms.